The van der Waals surface area contributed by atoms with Crippen molar-refractivity contribution in [3.05, 3.63) is 70.4 Å². The van der Waals surface area contributed by atoms with Gasteiger partial charge in [-0.05, 0) is 29.7 Å². The number of nitrogens with one attached hydrogen (secondary N) is 2. The van der Waals surface area contributed by atoms with Crippen LogP contribution >= 0.6 is 0 Å². The zero-order chi connectivity index (χ0) is 14.8. The quantitative estimate of drug-likeness (QED) is 0.570. The molecule has 3 aromatic rings. The maximum Gasteiger partial charge on any atom is 0.271 e. The fraction of sp³-hybridized carbons (Fsp3) is 0. The van der Waals surface area contributed by atoms with Crippen LogP contribution in [0.1, 0.15) is 10.4 Å². The Balaban J connectivity index is 1.85. The molecule has 0 aliphatic carbocycles. The summed E-state index contributed by atoms with van der Waals surface area (Å²) in [5, 5.41) is 14.4. The van der Waals surface area contributed by atoms with Crippen molar-refractivity contribution in [2.24, 2.45) is 0 Å². The number of amides is 1. The zero-order valence-electron chi connectivity index (χ0n) is 10.9. The number of hydrogen-bond acceptors (Lipinski definition) is 3. The molecule has 2 aromatic carbocycles. The first-order valence-electron chi connectivity index (χ1n) is 6.26. The largest absolute Gasteiger partial charge is 0.361 e. The summed E-state index contributed by atoms with van der Waals surface area (Å²) in [4.78, 5) is 25.4. The predicted molar refractivity (Wildman–Crippen MR) is 79.3 cm³/mol. The lowest BCUT2D eigenvalue weighted by Gasteiger charge is -2.05. The predicted octanol–water partition coefficient (Wildman–Crippen LogP) is 3.33. The molecule has 104 valence electrons. The first kappa shape index (κ1) is 12.9. The van der Waals surface area contributed by atoms with E-state index in [1.807, 2.05) is 12.1 Å². The number of anilines is 1. The van der Waals surface area contributed by atoms with Crippen LogP contribution in [0.25, 0.3) is 10.9 Å². The summed E-state index contributed by atoms with van der Waals surface area (Å²) in [6, 6.07) is 13.0. The second-order valence-corrected chi connectivity index (χ2v) is 4.54. The number of H-pyrrole nitrogens is 1. The average molecular weight is 281 g/mol. The molecule has 1 amide bonds. The van der Waals surface area contributed by atoms with Gasteiger partial charge in [0.1, 0.15) is 0 Å². The van der Waals surface area contributed by atoms with Crippen LogP contribution in [0.4, 0.5) is 11.4 Å². The number of benzene rings is 2. The van der Waals surface area contributed by atoms with Gasteiger partial charge in [-0.25, -0.2) is 0 Å². The second kappa shape index (κ2) is 5.09. The van der Waals surface area contributed by atoms with E-state index < -0.39 is 4.92 Å². The van der Waals surface area contributed by atoms with Crippen LogP contribution in [0.3, 0.4) is 0 Å². The van der Waals surface area contributed by atoms with Gasteiger partial charge >= 0.3 is 0 Å². The van der Waals surface area contributed by atoms with Crippen LogP contribution in [0.5, 0.6) is 0 Å². The summed E-state index contributed by atoms with van der Waals surface area (Å²) in [5.74, 6) is -0.313. The minimum Gasteiger partial charge on any atom is -0.361 e. The molecule has 2 N–H and O–H groups in total. The highest BCUT2D eigenvalue weighted by molar-refractivity contribution is 6.06. The molecule has 0 atom stereocenters. The van der Waals surface area contributed by atoms with E-state index in [0.29, 0.717) is 11.3 Å². The Morgan fingerprint density at radius 1 is 1.14 bits per heavy atom. The number of aromatic nitrogens is 1. The Kier molecular flexibility index (Phi) is 3.12. The fourth-order valence-electron chi connectivity index (χ4n) is 2.09. The van der Waals surface area contributed by atoms with Crippen LogP contribution in [0.15, 0.2) is 54.7 Å². The highest BCUT2D eigenvalue weighted by atomic mass is 16.6. The SMILES string of the molecule is O=C(Nc1cccc([N+](=O)[O-])c1)c1ccc2cc[nH]c2c1. The van der Waals surface area contributed by atoms with E-state index in [0.717, 1.165) is 10.9 Å². The van der Waals surface area contributed by atoms with Crippen LogP contribution in [0.2, 0.25) is 0 Å². The number of carbonyl (C=O) groups is 1. The monoisotopic (exact) mass is 281 g/mol. The molecule has 21 heavy (non-hydrogen) atoms. The lowest BCUT2D eigenvalue weighted by atomic mass is 10.1. The standard InChI is InChI=1S/C15H11N3O3/c19-15(11-5-4-10-6-7-16-14(10)8-11)17-12-2-1-3-13(9-12)18(20)21/h1-9,16H,(H,17,19). The summed E-state index contributed by atoms with van der Waals surface area (Å²) in [5.41, 5.74) is 1.67. The Morgan fingerprint density at radius 2 is 2.00 bits per heavy atom. The topological polar surface area (TPSA) is 88.0 Å². The molecule has 0 saturated heterocycles. The number of carbonyl (C=O) groups excluding carboxylic acids is 1. The van der Waals surface area contributed by atoms with Crippen molar-refractivity contribution in [2.45, 2.75) is 0 Å². The maximum atomic E-state index is 12.2. The second-order valence-electron chi connectivity index (χ2n) is 4.54. The van der Waals surface area contributed by atoms with Gasteiger partial charge in [-0.3, -0.25) is 14.9 Å². The van der Waals surface area contributed by atoms with Crippen LogP contribution in [-0.2, 0) is 0 Å². The molecule has 1 aromatic heterocycles. The van der Waals surface area contributed by atoms with Gasteiger partial charge < -0.3 is 10.3 Å². The maximum absolute atomic E-state index is 12.2. The lowest BCUT2D eigenvalue weighted by molar-refractivity contribution is -0.384. The van der Waals surface area contributed by atoms with Crippen molar-refractivity contribution in [3.8, 4) is 0 Å². The van der Waals surface area contributed by atoms with Gasteiger partial charge in [-0.1, -0.05) is 12.1 Å². The Hall–Kier alpha value is -3.15. The molecule has 0 unspecified atom stereocenters. The van der Waals surface area contributed by atoms with E-state index in [-0.39, 0.29) is 11.6 Å². The number of nitro groups is 1. The van der Waals surface area contributed by atoms with Crippen molar-refractivity contribution in [3.63, 3.8) is 0 Å². The van der Waals surface area contributed by atoms with E-state index in [1.165, 1.54) is 18.2 Å². The fourth-order valence-corrected chi connectivity index (χ4v) is 2.09. The Morgan fingerprint density at radius 3 is 2.81 bits per heavy atom. The van der Waals surface area contributed by atoms with Gasteiger partial charge in [0.15, 0.2) is 0 Å². The molecular weight excluding hydrogens is 270 g/mol. The van der Waals surface area contributed by atoms with Gasteiger partial charge in [-0.2, -0.15) is 0 Å². The van der Waals surface area contributed by atoms with Crippen molar-refractivity contribution < 1.29 is 9.72 Å². The van der Waals surface area contributed by atoms with E-state index >= 15 is 0 Å². The number of non-ortho nitro benzene ring substituents is 1. The molecule has 6 heteroatoms. The zero-order valence-corrected chi connectivity index (χ0v) is 10.9. The molecule has 0 saturated carbocycles. The molecule has 0 radical (unpaired) electrons. The number of fused-ring (bicyclic) bond motifs is 1. The number of hydrogen-bond donors (Lipinski definition) is 2. The van der Waals surface area contributed by atoms with Gasteiger partial charge in [0.05, 0.1) is 4.92 Å². The minimum atomic E-state index is -0.499. The van der Waals surface area contributed by atoms with E-state index in [9.17, 15) is 14.9 Å². The highest BCUT2D eigenvalue weighted by Gasteiger charge is 2.10. The first-order valence-corrected chi connectivity index (χ1v) is 6.26. The molecular formula is C15H11N3O3. The third-order valence-electron chi connectivity index (χ3n) is 3.13. The molecule has 0 aliphatic rings. The summed E-state index contributed by atoms with van der Waals surface area (Å²) in [7, 11) is 0. The van der Waals surface area contributed by atoms with Crippen LogP contribution in [-0.4, -0.2) is 15.8 Å². The van der Waals surface area contributed by atoms with Gasteiger partial charge in [0, 0.05) is 35.1 Å². The lowest BCUT2D eigenvalue weighted by Crippen LogP contribution is -2.11. The molecule has 0 bridgehead atoms. The van der Waals surface area contributed by atoms with E-state index in [1.54, 1.807) is 24.4 Å². The minimum absolute atomic E-state index is 0.0624. The first-order chi connectivity index (χ1) is 10.1. The molecule has 1 heterocycles. The Bertz CT molecular complexity index is 839. The summed E-state index contributed by atoms with van der Waals surface area (Å²) in [6.07, 6.45) is 1.80. The van der Waals surface area contributed by atoms with Crippen LogP contribution < -0.4 is 5.32 Å². The third kappa shape index (κ3) is 2.59. The van der Waals surface area contributed by atoms with Gasteiger partial charge in [0.25, 0.3) is 11.6 Å². The normalized spacial score (nSPS) is 10.5. The van der Waals surface area contributed by atoms with Crippen molar-refractivity contribution >= 4 is 28.2 Å². The highest BCUT2D eigenvalue weighted by Crippen LogP contribution is 2.19. The van der Waals surface area contributed by atoms with Crippen molar-refractivity contribution in [1.29, 1.82) is 0 Å². The summed E-state index contributed by atoms with van der Waals surface area (Å²) in [6.45, 7) is 0. The van der Waals surface area contributed by atoms with Crippen molar-refractivity contribution in [2.75, 3.05) is 5.32 Å². The number of nitrogens with zero attached hydrogens (tertiary/aromatic N) is 1. The van der Waals surface area contributed by atoms with E-state index in [4.69, 9.17) is 0 Å². The average Bonchev–Trinajstić information content (AvgIpc) is 2.94. The number of nitro benzene ring substituents is 1. The molecule has 0 fully saturated rings. The molecule has 0 aliphatic heterocycles. The number of rotatable bonds is 3. The summed E-state index contributed by atoms with van der Waals surface area (Å²) < 4.78 is 0. The Labute approximate surface area is 119 Å². The molecule has 6 nitrogen and oxygen atoms in total. The third-order valence-corrected chi connectivity index (χ3v) is 3.13. The molecule has 0 spiro atoms. The van der Waals surface area contributed by atoms with E-state index in [2.05, 4.69) is 10.3 Å². The van der Waals surface area contributed by atoms with Crippen molar-refractivity contribution in [1.82, 2.24) is 4.98 Å². The number of aromatic amines is 1. The van der Waals surface area contributed by atoms with Crippen LogP contribution in [0, 0.1) is 10.1 Å². The van der Waals surface area contributed by atoms with Gasteiger partial charge in [-0.15, -0.1) is 0 Å². The summed E-state index contributed by atoms with van der Waals surface area (Å²) >= 11 is 0. The smallest absolute Gasteiger partial charge is 0.271 e. The van der Waals surface area contributed by atoms with Gasteiger partial charge in [0.2, 0.25) is 0 Å². The molecule has 3 rings (SSSR count).